The lowest BCUT2D eigenvalue weighted by atomic mass is 10.0. The number of carbonyl (C=O) groups is 1. The highest BCUT2D eigenvalue weighted by Gasteiger charge is 2.19. The highest BCUT2D eigenvalue weighted by atomic mass is 16.3. The van der Waals surface area contributed by atoms with Crippen LogP contribution < -0.4 is 10.7 Å². The Bertz CT molecular complexity index is 1230. The van der Waals surface area contributed by atoms with Gasteiger partial charge in [0.05, 0.1) is 17.0 Å². The van der Waals surface area contributed by atoms with Gasteiger partial charge in [-0.05, 0) is 31.5 Å². The number of hydrogen-bond donors (Lipinski definition) is 1. The minimum Gasteiger partial charge on any atom is -0.455 e. The molecule has 0 unspecified atom stereocenters. The van der Waals surface area contributed by atoms with Gasteiger partial charge in [-0.15, -0.1) is 0 Å². The molecule has 144 valence electrons. The maximum atomic E-state index is 13.0. The summed E-state index contributed by atoms with van der Waals surface area (Å²) in [5, 5.41) is 3.40. The summed E-state index contributed by atoms with van der Waals surface area (Å²) in [5.74, 6) is 0.206. The fourth-order valence-corrected chi connectivity index (χ4v) is 3.45. The summed E-state index contributed by atoms with van der Waals surface area (Å²) in [5.41, 5.74) is 2.86. The zero-order chi connectivity index (χ0) is 20.4. The number of amides is 1. The molecular weight excluding hydrogens is 362 g/mol. The Labute approximate surface area is 168 Å². The van der Waals surface area contributed by atoms with Gasteiger partial charge >= 0.3 is 0 Å². The molecule has 29 heavy (non-hydrogen) atoms. The molecule has 1 heterocycles. The molecule has 0 aliphatic carbocycles. The van der Waals surface area contributed by atoms with E-state index in [1.807, 2.05) is 67.6 Å². The van der Waals surface area contributed by atoms with E-state index in [1.54, 1.807) is 25.1 Å². The lowest BCUT2D eigenvalue weighted by molar-refractivity contribution is 0.0940. The quantitative estimate of drug-likeness (QED) is 0.523. The fraction of sp³-hybridized carbons (Fsp3) is 0.120. The Morgan fingerprint density at radius 3 is 2.24 bits per heavy atom. The van der Waals surface area contributed by atoms with Crippen molar-refractivity contribution in [1.29, 1.82) is 0 Å². The van der Waals surface area contributed by atoms with Gasteiger partial charge < -0.3 is 9.73 Å². The van der Waals surface area contributed by atoms with E-state index in [0.29, 0.717) is 27.9 Å². The van der Waals surface area contributed by atoms with Crippen LogP contribution in [-0.4, -0.2) is 5.91 Å². The summed E-state index contributed by atoms with van der Waals surface area (Å²) in [6.07, 6.45) is 0. The first-order valence-electron chi connectivity index (χ1n) is 9.54. The first-order chi connectivity index (χ1) is 14.1. The largest absolute Gasteiger partial charge is 0.455 e. The van der Waals surface area contributed by atoms with Crippen LogP contribution in [0.4, 0.5) is 0 Å². The second-order valence-corrected chi connectivity index (χ2v) is 7.04. The molecule has 4 nitrogen and oxygen atoms in total. The lowest BCUT2D eigenvalue weighted by Crippen LogP contribution is -2.27. The highest BCUT2D eigenvalue weighted by Crippen LogP contribution is 2.27. The molecule has 4 aromatic rings. The molecule has 1 amide bonds. The molecule has 0 spiro atoms. The lowest BCUT2D eigenvalue weighted by Gasteiger charge is -2.15. The molecule has 4 rings (SSSR count). The third-order valence-corrected chi connectivity index (χ3v) is 5.07. The van der Waals surface area contributed by atoms with Gasteiger partial charge in [-0.3, -0.25) is 9.59 Å². The standard InChI is InChI=1S/C25H21NO3/c1-16-22(27)20-14-9-15-21(24(20)29-23(16)19-12-7-4-8-13-19)25(28)26-17(2)18-10-5-3-6-11-18/h3-15,17H,1-2H3,(H,26,28)/t17-/m1/s1. The van der Waals surface area contributed by atoms with Gasteiger partial charge in [0.1, 0.15) is 5.76 Å². The third-order valence-electron chi connectivity index (χ3n) is 5.07. The summed E-state index contributed by atoms with van der Waals surface area (Å²) >= 11 is 0. The fourth-order valence-electron chi connectivity index (χ4n) is 3.45. The molecule has 3 aromatic carbocycles. The van der Waals surface area contributed by atoms with Crippen molar-refractivity contribution >= 4 is 16.9 Å². The Balaban J connectivity index is 1.80. The summed E-state index contributed by atoms with van der Waals surface area (Å²) in [6, 6.07) is 24.1. The predicted molar refractivity (Wildman–Crippen MR) is 115 cm³/mol. The van der Waals surface area contributed by atoms with Crippen LogP contribution in [0.2, 0.25) is 0 Å². The number of para-hydroxylation sites is 1. The topological polar surface area (TPSA) is 59.3 Å². The van der Waals surface area contributed by atoms with E-state index in [-0.39, 0.29) is 17.4 Å². The Hall–Kier alpha value is -3.66. The average Bonchev–Trinajstić information content (AvgIpc) is 2.77. The van der Waals surface area contributed by atoms with E-state index in [1.165, 1.54) is 0 Å². The van der Waals surface area contributed by atoms with E-state index in [4.69, 9.17) is 4.42 Å². The monoisotopic (exact) mass is 383 g/mol. The zero-order valence-electron chi connectivity index (χ0n) is 16.3. The van der Waals surface area contributed by atoms with Crippen LogP contribution in [0.5, 0.6) is 0 Å². The van der Waals surface area contributed by atoms with Crippen LogP contribution in [-0.2, 0) is 0 Å². The SMILES string of the molecule is Cc1c(-c2ccccc2)oc2c(C(=O)N[C@H](C)c3ccccc3)cccc2c1=O. The summed E-state index contributed by atoms with van der Waals surface area (Å²) < 4.78 is 6.14. The first-order valence-corrected chi connectivity index (χ1v) is 9.54. The minimum atomic E-state index is -0.280. The summed E-state index contributed by atoms with van der Waals surface area (Å²) in [7, 11) is 0. The van der Waals surface area contributed by atoms with Crippen molar-refractivity contribution in [3.63, 3.8) is 0 Å². The van der Waals surface area contributed by atoms with Gasteiger partial charge in [-0.1, -0.05) is 66.7 Å². The number of carbonyl (C=O) groups excluding carboxylic acids is 1. The zero-order valence-corrected chi connectivity index (χ0v) is 16.3. The van der Waals surface area contributed by atoms with Crippen LogP contribution in [0, 0.1) is 6.92 Å². The highest BCUT2D eigenvalue weighted by molar-refractivity contribution is 6.05. The van der Waals surface area contributed by atoms with Crippen molar-refractivity contribution in [1.82, 2.24) is 5.32 Å². The molecule has 0 saturated carbocycles. The molecule has 1 aromatic heterocycles. The third kappa shape index (κ3) is 3.57. The van der Waals surface area contributed by atoms with Gasteiger partial charge in [0.2, 0.25) is 0 Å². The van der Waals surface area contributed by atoms with E-state index in [0.717, 1.165) is 11.1 Å². The van der Waals surface area contributed by atoms with Gasteiger partial charge in [0.25, 0.3) is 5.91 Å². The number of hydrogen-bond acceptors (Lipinski definition) is 3. The molecule has 0 aliphatic heterocycles. The Morgan fingerprint density at radius 1 is 0.897 bits per heavy atom. The van der Waals surface area contributed by atoms with Crippen molar-refractivity contribution in [2.75, 3.05) is 0 Å². The molecule has 0 bridgehead atoms. The van der Waals surface area contributed by atoms with Crippen molar-refractivity contribution in [2.45, 2.75) is 19.9 Å². The normalized spacial score (nSPS) is 11.9. The predicted octanol–water partition coefficient (Wildman–Crippen LogP) is 5.26. The second kappa shape index (κ2) is 7.76. The smallest absolute Gasteiger partial charge is 0.255 e. The maximum Gasteiger partial charge on any atom is 0.255 e. The van der Waals surface area contributed by atoms with Gasteiger partial charge in [-0.25, -0.2) is 0 Å². The number of nitrogens with one attached hydrogen (secondary N) is 1. The van der Waals surface area contributed by atoms with Crippen LogP contribution in [0.25, 0.3) is 22.3 Å². The molecule has 4 heteroatoms. The van der Waals surface area contributed by atoms with Crippen molar-refractivity contribution in [3.05, 3.63) is 106 Å². The minimum absolute atomic E-state index is 0.129. The van der Waals surface area contributed by atoms with Crippen molar-refractivity contribution in [2.24, 2.45) is 0 Å². The van der Waals surface area contributed by atoms with Crippen LogP contribution >= 0.6 is 0 Å². The van der Waals surface area contributed by atoms with E-state index in [2.05, 4.69) is 5.32 Å². The molecule has 1 N–H and O–H groups in total. The molecule has 1 atom stereocenters. The van der Waals surface area contributed by atoms with E-state index >= 15 is 0 Å². The first kappa shape index (κ1) is 18.7. The molecule has 0 fully saturated rings. The Kier molecular flexibility index (Phi) is 5.00. The van der Waals surface area contributed by atoms with Crippen molar-refractivity contribution in [3.8, 4) is 11.3 Å². The average molecular weight is 383 g/mol. The van der Waals surface area contributed by atoms with Gasteiger partial charge in [0.15, 0.2) is 11.0 Å². The molecule has 0 saturated heterocycles. The van der Waals surface area contributed by atoms with Crippen LogP contribution in [0.15, 0.2) is 88.1 Å². The van der Waals surface area contributed by atoms with E-state index < -0.39 is 0 Å². The summed E-state index contributed by atoms with van der Waals surface area (Å²) in [4.78, 5) is 26.0. The van der Waals surface area contributed by atoms with Crippen LogP contribution in [0.3, 0.4) is 0 Å². The summed E-state index contributed by atoms with van der Waals surface area (Å²) in [6.45, 7) is 3.67. The number of fused-ring (bicyclic) bond motifs is 1. The second-order valence-electron chi connectivity index (χ2n) is 7.04. The van der Waals surface area contributed by atoms with Gasteiger partial charge in [-0.2, -0.15) is 0 Å². The van der Waals surface area contributed by atoms with E-state index in [9.17, 15) is 9.59 Å². The molecule has 0 aliphatic rings. The number of rotatable bonds is 4. The number of benzene rings is 3. The Morgan fingerprint density at radius 2 is 1.55 bits per heavy atom. The molecule has 0 radical (unpaired) electrons. The van der Waals surface area contributed by atoms with Crippen LogP contribution in [0.1, 0.15) is 34.5 Å². The van der Waals surface area contributed by atoms with Crippen molar-refractivity contribution < 1.29 is 9.21 Å². The molecular formula is C25H21NO3. The van der Waals surface area contributed by atoms with Gasteiger partial charge in [0, 0.05) is 11.1 Å². The maximum absolute atomic E-state index is 13.0.